The predicted octanol–water partition coefficient (Wildman–Crippen LogP) is 1.78. The maximum Gasteiger partial charge on any atom is 0.219 e. The number of anilines is 1. The van der Waals surface area contributed by atoms with Gasteiger partial charge in [0.15, 0.2) is 0 Å². The highest BCUT2D eigenvalue weighted by atomic mass is 35.5. The van der Waals surface area contributed by atoms with Crippen molar-refractivity contribution >= 4 is 18.4 Å². The second-order valence-electron chi connectivity index (χ2n) is 3.58. The van der Waals surface area contributed by atoms with Crippen molar-refractivity contribution in [3.63, 3.8) is 0 Å². The monoisotopic (exact) mass is 187 g/mol. The fourth-order valence-corrected chi connectivity index (χ4v) is 0.725. The van der Waals surface area contributed by atoms with Crippen molar-refractivity contribution in [1.29, 1.82) is 0 Å². The first kappa shape index (κ1) is 11.2. The van der Waals surface area contributed by atoms with Crippen molar-refractivity contribution in [3.05, 3.63) is 18.0 Å². The summed E-state index contributed by atoms with van der Waals surface area (Å²) >= 11 is 0. The Morgan fingerprint density at radius 1 is 1.17 bits per heavy atom. The zero-order valence-corrected chi connectivity index (χ0v) is 8.35. The van der Waals surface area contributed by atoms with Crippen LogP contribution in [-0.2, 0) is 5.41 Å². The highest BCUT2D eigenvalue weighted by molar-refractivity contribution is 5.85. The smallest absolute Gasteiger partial charge is 0.219 e. The lowest BCUT2D eigenvalue weighted by atomic mass is 9.89. The van der Waals surface area contributed by atoms with Crippen LogP contribution in [0.5, 0.6) is 0 Å². The largest absolute Gasteiger partial charge is 0.368 e. The zero-order valence-electron chi connectivity index (χ0n) is 7.53. The molecule has 0 bridgehead atoms. The maximum absolute atomic E-state index is 5.35. The van der Waals surface area contributed by atoms with Crippen LogP contribution in [-0.4, -0.2) is 9.97 Å². The van der Waals surface area contributed by atoms with Gasteiger partial charge in [0.2, 0.25) is 5.95 Å². The third kappa shape index (κ3) is 2.66. The molecule has 0 aliphatic heterocycles. The summed E-state index contributed by atoms with van der Waals surface area (Å²) in [5, 5.41) is 0. The maximum atomic E-state index is 5.35. The van der Waals surface area contributed by atoms with Crippen LogP contribution in [0.2, 0.25) is 0 Å². The van der Waals surface area contributed by atoms with E-state index in [0.29, 0.717) is 5.95 Å². The number of halogens is 1. The predicted molar refractivity (Wildman–Crippen MR) is 52.4 cm³/mol. The third-order valence-corrected chi connectivity index (χ3v) is 1.54. The van der Waals surface area contributed by atoms with Gasteiger partial charge in [0, 0.05) is 12.4 Å². The minimum atomic E-state index is 0. The Morgan fingerprint density at radius 3 is 1.92 bits per heavy atom. The fraction of sp³-hybridized carbons (Fsp3) is 0.500. The highest BCUT2D eigenvalue weighted by Gasteiger charge is 2.13. The van der Waals surface area contributed by atoms with Crippen LogP contribution in [0.15, 0.2) is 12.4 Å². The summed E-state index contributed by atoms with van der Waals surface area (Å²) in [6.45, 7) is 6.34. The lowest BCUT2D eigenvalue weighted by Crippen LogP contribution is -2.12. The Hall–Kier alpha value is -0.830. The molecule has 3 nitrogen and oxygen atoms in total. The molecule has 4 heteroatoms. The SMILES string of the molecule is CC(C)(C)c1cnc(N)nc1.Cl. The molecule has 2 N–H and O–H groups in total. The van der Waals surface area contributed by atoms with Crippen LogP contribution in [0.1, 0.15) is 26.3 Å². The Kier molecular flexibility index (Phi) is 3.46. The molecule has 0 atom stereocenters. The zero-order chi connectivity index (χ0) is 8.48. The van der Waals surface area contributed by atoms with Gasteiger partial charge in [-0.05, 0) is 11.0 Å². The molecule has 1 aromatic heterocycles. The molecule has 0 unspecified atom stereocenters. The molecule has 0 aliphatic carbocycles. The Balaban J connectivity index is 0.00000121. The highest BCUT2D eigenvalue weighted by Crippen LogP contribution is 2.19. The number of aromatic nitrogens is 2. The molecule has 0 saturated carbocycles. The van der Waals surface area contributed by atoms with E-state index in [-0.39, 0.29) is 17.8 Å². The molecule has 1 rings (SSSR count). The molecule has 0 aromatic carbocycles. The van der Waals surface area contributed by atoms with Crippen LogP contribution in [0.3, 0.4) is 0 Å². The second kappa shape index (κ2) is 3.72. The van der Waals surface area contributed by atoms with E-state index in [1.54, 1.807) is 12.4 Å². The first-order chi connectivity index (χ1) is 5.00. The van der Waals surface area contributed by atoms with Crippen molar-refractivity contribution in [2.45, 2.75) is 26.2 Å². The summed E-state index contributed by atoms with van der Waals surface area (Å²) < 4.78 is 0. The fourth-order valence-electron chi connectivity index (χ4n) is 0.725. The van der Waals surface area contributed by atoms with Gasteiger partial charge in [-0.3, -0.25) is 0 Å². The first-order valence-corrected chi connectivity index (χ1v) is 3.58. The van der Waals surface area contributed by atoms with E-state index >= 15 is 0 Å². The molecule has 0 fully saturated rings. The summed E-state index contributed by atoms with van der Waals surface area (Å²) in [7, 11) is 0. The number of hydrogen-bond acceptors (Lipinski definition) is 3. The molecule has 1 aromatic rings. The third-order valence-electron chi connectivity index (χ3n) is 1.54. The van der Waals surface area contributed by atoms with Gasteiger partial charge in [-0.15, -0.1) is 12.4 Å². The minimum Gasteiger partial charge on any atom is -0.368 e. The van der Waals surface area contributed by atoms with E-state index in [4.69, 9.17) is 5.73 Å². The Labute approximate surface area is 78.8 Å². The first-order valence-electron chi connectivity index (χ1n) is 3.58. The van der Waals surface area contributed by atoms with Crippen molar-refractivity contribution in [3.8, 4) is 0 Å². The van der Waals surface area contributed by atoms with Crippen molar-refractivity contribution in [2.75, 3.05) is 5.73 Å². The van der Waals surface area contributed by atoms with Crippen LogP contribution in [0.4, 0.5) is 5.95 Å². The number of nitrogens with two attached hydrogens (primary N) is 1. The van der Waals surface area contributed by atoms with E-state index in [0.717, 1.165) is 5.56 Å². The Bertz CT molecular complexity index is 237. The van der Waals surface area contributed by atoms with E-state index in [9.17, 15) is 0 Å². The molecule has 1 heterocycles. The molecule has 0 spiro atoms. The van der Waals surface area contributed by atoms with Gasteiger partial charge in [-0.1, -0.05) is 20.8 Å². The molecular weight excluding hydrogens is 174 g/mol. The summed E-state index contributed by atoms with van der Waals surface area (Å²) in [6, 6.07) is 0. The van der Waals surface area contributed by atoms with Crippen molar-refractivity contribution in [2.24, 2.45) is 0 Å². The average molecular weight is 188 g/mol. The minimum absolute atomic E-state index is 0. The number of nitrogen functional groups attached to an aromatic ring is 1. The van der Waals surface area contributed by atoms with Crippen LogP contribution >= 0.6 is 12.4 Å². The standard InChI is InChI=1S/C8H13N3.ClH/c1-8(2,3)6-4-10-7(9)11-5-6;/h4-5H,1-3H3,(H2,9,10,11);1H. The van der Waals surface area contributed by atoms with E-state index < -0.39 is 0 Å². The lowest BCUT2D eigenvalue weighted by molar-refractivity contribution is 0.584. The Morgan fingerprint density at radius 2 is 1.58 bits per heavy atom. The van der Waals surface area contributed by atoms with Crippen molar-refractivity contribution < 1.29 is 0 Å². The van der Waals surface area contributed by atoms with Crippen LogP contribution < -0.4 is 5.73 Å². The lowest BCUT2D eigenvalue weighted by Gasteiger charge is -2.17. The quantitative estimate of drug-likeness (QED) is 0.674. The average Bonchev–Trinajstić information content (AvgIpc) is 1.86. The molecular formula is C8H14ClN3. The number of hydrogen-bond donors (Lipinski definition) is 1. The van der Waals surface area contributed by atoms with Gasteiger partial charge in [0.1, 0.15) is 0 Å². The molecule has 68 valence electrons. The van der Waals surface area contributed by atoms with Crippen LogP contribution in [0, 0.1) is 0 Å². The van der Waals surface area contributed by atoms with Gasteiger partial charge < -0.3 is 5.73 Å². The normalized spacial score (nSPS) is 10.6. The van der Waals surface area contributed by atoms with Crippen molar-refractivity contribution in [1.82, 2.24) is 9.97 Å². The molecule has 0 amide bonds. The van der Waals surface area contributed by atoms with Gasteiger partial charge >= 0.3 is 0 Å². The summed E-state index contributed by atoms with van der Waals surface area (Å²) in [5.74, 6) is 0.331. The number of rotatable bonds is 0. The molecule has 0 aliphatic rings. The number of nitrogens with zero attached hydrogens (tertiary/aromatic N) is 2. The summed E-state index contributed by atoms with van der Waals surface area (Å²) in [4.78, 5) is 7.82. The van der Waals surface area contributed by atoms with E-state index in [2.05, 4.69) is 30.7 Å². The molecule has 0 radical (unpaired) electrons. The van der Waals surface area contributed by atoms with Gasteiger partial charge in [-0.25, -0.2) is 9.97 Å². The van der Waals surface area contributed by atoms with Gasteiger partial charge in [0.25, 0.3) is 0 Å². The second-order valence-corrected chi connectivity index (χ2v) is 3.58. The molecule has 12 heavy (non-hydrogen) atoms. The summed E-state index contributed by atoms with van der Waals surface area (Å²) in [5.41, 5.74) is 6.56. The van der Waals surface area contributed by atoms with E-state index in [1.165, 1.54) is 0 Å². The van der Waals surface area contributed by atoms with Gasteiger partial charge in [-0.2, -0.15) is 0 Å². The topological polar surface area (TPSA) is 51.8 Å². The summed E-state index contributed by atoms with van der Waals surface area (Å²) in [6.07, 6.45) is 3.53. The van der Waals surface area contributed by atoms with Crippen LogP contribution in [0.25, 0.3) is 0 Å². The van der Waals surface area contributed by atoms with E-state index in [1.807, 2.05) is 0 Å². The van der Waals surface area contributed by atoms with Gasteiger partial charge in [0.05, 0.1) is 0 Å². The molecule has 0 saturated heterocycles.